The quantitative estimate of drug-likeness (QED) is 0.671. The van der Waals surface area contributed by atoms with Gasteiger partial charge < -0.3 is 4.74 Å². The van der Waals surface area contributed by atoms with Crippen LogP contribution in [0.4, 0.5) is 13.2 Å². The standard InChI is InChI=1S/C17H15F3N2O2/c1-24-15(13-7-3-2-4-8-13)16(23)22-21-11-12-6-5-9-14(10-12)17(18,19)20/h2-11,15H,1H3,(H,22,23)/b21-11-/t15-/m0/s1. The molecule has 0 saturated heterocycles. The van der Waals surface area contributed by atoms with Crippen molar-refractivity contribution in [3.05, 3.63) is 71.3 Å². The third-order valence-electron chi connectivity index (χ3n) is 3.18. The molecule has 0 aliphatic rings. The highest BCUT2D eigenvalue weighted by molar-refractivity contribution is 5.85. The number of amides is 1. The molecule has 0 spiro atoms. The van der Waals surface area contributed by atoms with Crippen LogP contribution in [0.15, 0.2) is 59.7 Å². The number of rotatable bonds is 5. The molecular weight excluding hydrogens is 321 g/mol. The molecule has 1 atom stereocenters. The summed E-state index contributed by atoms with van der Waals surface area (Å²) in [5, 5.41) is 3.69. The van der Waals surface area contributed by atoms with Gasteiger partial charge in [0.15, 0.2) is 6.10 Å². The number of halogens is 3. The summed E-state index contributed by atoms with van der Waals surface area (Å²) < 4.78 is 43.0. The van der Waals surface area contributed by atoms with Crippen LogP contribution in [0.3, 0.4) is 0 Å². The summed E-state index contributed by atoms with van der Waals surface area (Å²) in [5.41, 5.74) is 2.35. The molecule has 126 valence electrons. The first-order chi connectivity index (χ1) is 11.4. The van der Waals surface area contributed by atoms with E-state index in [1.54, 1.807) is 30.3 Å². The second-order valence-electron chi connectivity index (χ2n) is 4.88. The average Bonchev–Trinajstić information content (AvgIpc) is 2.56. The molecule has 24 heavy (non-hydrogen) atoms. The molecule has 0 aliphatic carbocycles. The van der Waals surface area contributed by atoms with Crippen LogP contribution in [0.1, 0.15) is 22.8 Å². The molecule has 1 amide bonds. The highest BCUT2D eigenvalue weighted by Gasteiger charge is 2.30. The topological polar surface area (TPSA) is 50.7 Å². The van der Waals surface area contributed by atoms with Gasteiger partial charge in [0, 0.05) is 7.11 Å². The van der Waals surface area contributed by atoms with E-state index in [4.69, 9.17) is 4.74 Å². The molecule has 0 aliphatic heterocycles. The lowest BCUT2D eigenvalue weighted by atomic mass is 10.1. The van der Waals surface area contributed by atoms with E-state index < -0.39 is 23.8 Å². The summed E-state index contributed by atoms with van der Waals surface area (Å²) in [6.45, 7) is 0. The van der Waals surface area contributed by atoms with Crippen LogP contribution >= 0.6 is 0 Å². The van der Waals surface area contributed by atoms with Crippen molar-refractivity contribution in [2.75, 3.05) is 7.11 Å². The van der Waals surface area contributed by atoms with Gasteiger partial charge in [-0.2, -0.15) is 18.3 Å². The zero-order valence-electron chi connectivity index (χ0n) is 12.7. The number of nitrogens with one attached hydrogen (secondary N) is 1. The van der Waals surface area contributed by atoms with Gasteiger partial charge in [-0.1, -0.05) is 42.5 Å². The van der Waals surface area contributed by atoms with E-state index in [0.29, 0.717) is 5.56 Å². The van der Waals surface area contributed by atoms with Crippen molar-refractivity contribution in [2.45, 2.75) is 12.3 Å². The summed E-state index contributed by atoms with van der Waals surface area (Å²) in [7, 11) is 1.38. The summed E-state index contributed by atoms with van der Waals surface area (Å²) >= 11 is 0. The average molecular weight is 336 g/mol. The number of hydrazone groups is 1. The van der Waals surface area contributed by atoms with Crippen LogP contribution in [0.25, 0.3) is 0 Å². The monoisotopic (exact) mass is 336 g/mol. The molecular formula is C17H15F3N2O2. The van der Waals surface area contributed by atoms with Crippen LogP contribution in [0.2, 0.25) is 0 Å². The van der Waals surface area contributed by atoms with E-state index >= 15 is 0 Å². The largest absolute Gasteiger partial charge is 0.416 e. The van der Waals surface area contributed by atoms with Crippen molar-refractivity contribution in [1.29, 1.82) is 0 Å². The van der Waals surface area contributed by atoms with Gasteiger partial charge in [0.25, 0.3) is 5.91 Å². The lowest BCUT2D eigenvalue weighted by Gasteiger charge is -2.13. The van der Waals surface area contributed by atoms with E-state index in [9.17, 15) is 18.0 Å². The van der Waals surface area contributed by atoms with Gasteiger partial charge in [-0.25, -0.2) is 5.43 Å². The lowest BCUT2D eigenvalue weighted by Crippen LogP contribution is -2.26. The third kappa shape index (κ3) is 4.66. The number of carbonyl (C=O) groups is 1. The van der Waals surface area contributed by atoms with Crippen LogP contribution in [-0.4, -0.2) is 19.2 Å². The summed E-state index contributed by atoms with van der Waals surface area (Å²) in [6.07, 6.45) is -4.14. The molecule has 0 radical (unpaired) electrons. The minimum atomic E-state index is -4.43. The summed E-state index contributed by atoms with van der Waals surface area (Å²) in [5.74, 6) is -0.521. The van der Waals surface area contributed by atoms with Gasteiger partial charge in [0.05, 0.1) is 11.8 Å². The van der Waals surface area contributed by atoms with Gasteiger partial charge in [0.1, 0.15) is 0 Å². The van der Waals surface area contributed by atoms with E-state index in [-0.39, 0.29) is 5.56 Å². The molecule has 0 heterocycles. The van der Waals surface area contributed by atoms with Gasteiger partial charge in [-0.3, -0.25) is 4.79 Å². The van der Waals surface area contributed by atoms with E-state index in [2.05, 4.69) is 10.5 Å². The fourth-order valence-corrected chi connectivity index (χ4v) is 2.05. The van der Waals surface area contributed by atoms with Crippen LogP contribution in [0, 0.1) is 0 Å². The fourth-order valence-electron chi connectivity index (χ4n) is 2.05. The maximum Gasteiger partial charge on any atom is 0.416 e. The van der Waals surface area contributed by atoms with Crippen molar-refractivity contribution in [3.8, 4) is 0 Å². The van der Waals surface area contributed by atoms with Crippen molar-refractivity contribution < 1.29 is 22.7 Å². The molecule has 7 heteroatoms. The Hall–Kier alpha value is -2.67. The molecule has 2 aromatic carbocycles. The summed E-state index contributed by atoms with van der Waals surface area (Å²) in [6, 6.07) is 13.4. The Labute approximate surface area is 137 Å². The summed E-state index contributed by atoms with van der Waals surface area (Å²) in [4.78, 5) is 12.1. The first-order valence-corrected chi connectivity index (χ1v) is 6.99. The van der Waals surface area contributed by atoms with Crippen molar-refractivity contribution in [1.82, 2.24) is 5.43 Å². The zero-order chi connectivity index (χ0) is 17.6. The molecule has 4 nitrogen and oxygen atoms in total. The fraction of sp³-hybridized carbons (Fsp3) is 0.176. The number of hydrogen-bond acceptors (Lipinski definition) is 3. The highest BCUT2D eigenvalue weighted by Crippen LogP contribution is 2.29. The van der Waals surface area contributed by atoms with E-state index in [0.717, 1.165) is 18.3 Å². The number of benzene rings is 2. The molecule has 0 aromatic heterocycles. The molecule has 2 rings (SSSR count). The second-order valence-corrected chi connectivity index (χ2v) is 4.88. The molecule has 0 bridgehead atoms. The Morgan fingerprint density at radius 3 is 2.50 bits per heavy atom. The molecule has 0 fully saturated rings. The van der Waals surface area contributed by atoms with Crippen molar-refractivity contribution in [2.24, 2.45) is 5.10 Å². The van der Waals surface area contributed by atoms with Crippen molar-refractivity contribution in [3.63, 3.8) is 0 Å². The first kappa shape index (κ1) is 17.7. The molecule has 0 saturated carbocycles. The Morgan fingerprint density at radius 2 is 1.88 bits per heavy atom. The number of methoxy groups -OCH3 is 1. The van der Waals surface area contributed by atoms with E-state index in [1.165, 1.54) is 19.2 Å². The number of hydrogen-bond donors (Lipinski definition) is 1. The van der Waals surface area contributed by atoms with E-state index in [1.807, 2.05) is 0 Å². The Morgan fingerprint density at radius 1 is 1.17 bits per heavy atom. The highest BCUT2D eigenvalue weighted by atomic mass is 19.4. The third-order valence-corrected chi connectivity index (χ3v) is 3.18. The Bertz CT molecular complexity index is 715. The second kappa shape index (κ2) is 7.74. The smallest absolute Gasteiger partial charge is 0.367 e. The van der Waals surface area contributed by atoms with Crippen LogP contribution < -0.4 is 5.43 Å². The van der Waals surface area contributed by atoms with Gasteiger partial charge >= 0.3 is 6.18 Å². The Balaban J connectivity index is 2.04. The SMILES string of the molecule is CO[C@H](C(=O)N/N=C\c1cccc(C(F)(F)F)c1)c1ccccc1. The van der Waals surface area contributed by atoms with Gasteiger partial charge in [0.2, 0.25) is 0 Å². The normalized spacial score (nSPS) is 13.0. The Kier molecular flexibility index (Phi) is 5.70. The minimum Gasteiger partial charge on any atom is -0.367 e. The lowest BCUT2D eigenvalue weighted by molar-refractivity contribution is -0.137. The number of ether oxygens (including phenoxy) is 1. The predicted molar refractivity (Wildman–Crippen MR) is 83.4 cm³/mol. The van der Waals surface area contributed by atoms with Gasteiger partial charge in [-0.15, -0.1) is 0 Å². The number of alkyl halides is 3. The predicted octanol–water partition coefficient (Wildman–Crippen LogP) is 3.54. The van der Waals surface area contributed by atoms with Crippen LogP contribution in [0.5, 0.6) is 0 Å². The van der Waals surface area contributed by atoms with Crippen molar-refractivity contribution >= 4 is 12.1 Å². The number of carbonyl (C=O) groups excluding carboxylic acids is 1. The maximum atomic E-state index is 12.6. The molecule has 1 N–H and O–H groups in total. The first-order valence-electron chi connectivity index (χ1n) is 6.99. The minimum absolute atomic E-state index is 0.221. The zero-order valence-corrected chi connectivity index (χ0v) is 12.7. The maximum absolute atomic E-state index is 12.6. The number of nitrogens with zero attached hydrogens (tertiary/aromatic N) is 1. The van der Waals surface area contributed by atoms with Crippen LogP contribution in [-0.2, 0) is 15.7 Å². The van der Waals surface area contributed by atoms with Gasteiger partial charge in [-0.05, 0) is 23.3 Å². The molecule has 2 aromatic rings. The molecule has 0 unspecified atom stereocenters.